The highest BCUT2D eigenvalue weighted by atomic mass is 16.3. The van der Waals surface area contributed by atoms with E-state index in [2.05, 4.69) is 82.3 Å². The summed E-state index contributed by atoms with van der Waals surface area (Å²) in [6.07, 6.45) is 16.9. The van der Waals surface area contributed by atoms with Gasteiger partial charge in [-0.25, -0.2) is 0 Å². The summed E-state index contributed by atoms with van der Waals surface area (Å²) in [4.78, 5) is 19.2. The summed E-state index contributed by atoms with van der Waals surface area (Å²) in [5, 5.41) is 15.8. The lowest BCUT2D eigenvalue weighted by molar-refractivity contribution is -0.133. The molecule has 1 aliphatic rings. The Bertz CT molecular complexity index is 1080. The van der Waals surface area contributed by atoms with Crippen molar-refractivity contribution < 1.29 is 9.90 Å². The van der Waals surface area contributed by atoms with E-state index in [0.717, 1.165) is 49.9 Å². The normalized spacial score (nSPS) is 21.7. The topological polar surface area (TPSA) is 64.9 Å². The molecule has 1 heterocycles. The lowest BCUT2D eigenvalue weighted by atomic mass is 9.69. The van der Waals surface area contributed by atoms with Crippen molar-refractivity contribution in [3.05, 3.63) is 46.7 Å². The minimum Gasteiger partial charge on any atom is -0.392 e. The molecule has 5 nitrogen and oxygen atoms in total. The molecule has 2 N–H and O–H groups in total. The summed E-state index contributed by atoms with van der Waals surface area (Å²) in [5.41, 5.74) is 3.92. The van der Waals surface area contributed by atoms with Gasteiger partial charge in [-0.1, -0.05) is 71.4 Å². The van der Waals surface area contributed by atoms with Gasteiger partial charge >= 0.3 is 0 Å². The highest BCUT2D eigenvalue weighted by molar-refractivity contribution is 5.77. The molecule has 2 unspecified atom stereocenters. The first-order valence-corrected chi connectivity index (χ1v) is 16.6. The van der Waals surface area contributed by atoms with Crippen molar-refractivity contribution in [2.24, 2.45) is 34.6 Å². The fourth-order valence-electron chi connectivity index (χ4n) is 6.08. The van der Waals surface area contributed by atoms with Crippen LogP contribution < -0.4 is 5.32 Å². The third-order valence-corrected chi connectivity index (χ3v) is 9.39. The molecule has 1 amide bonds. The summed E-state index contributed by atoms with van der Waals surface area (Å²) < 4.78 is 0. The van der Waals surface area contributed by atoms with Crippen LogP contribution in [0.1, 0.15) is 107 Å². The van der Waals surface area contributed by atoms with E-state index in [1.54, 1.807) is 4.90 Å². The smallest absolute Gasteiger partial charge is 0.224 e. The Morgan fingerprint density at radius 1 is 1.26 bits per heavy atom. The van der Waals surface area contributed by atoms with E-state index in [9.17, 15) is 9.90 Å². The van der Waals surface area contributed by atoms with Crippen LogP contribution in [-0.2, 0) is 4.79 Å². The van der Waals surface area contributed by atoms with Crippen LogP contribution in [0, 0.1) is 41.4 Å². The van der Waals surface area contributed by atoms with Crippen LogP contribution in [-0.4, -0.2) is 54.9 Å². The monoisotopic (exact) mass is 593 g/mol. The van der Waals surface area contributed by atoms with Crippen LogP contribution in [0.25, 0.3) is 0 Å². The quantitative estimate of drug-likeness (QED) is 0.140. The second-order valence-corrected chi connectivity index (χ2v) is 12.8. The van der Waals surface area contributed by atoms with Gasteiger partial charge in [0.25, 0.3) is 0 Å². The van der Waals surface area contributed by atoms with Crippen LogP contribution in [0.3, 0.4) is 0 Å². The fraction of sp³-hybridized carbons (Fsp3) is 0.684. The van der Waals surface area contributed by atoms with Crippen LogP contribution in [0.5, 0.6) is 0 Å². The maximum atomic E-state index is 12.6. The lowest BCUT2D eigenvalue weighted by Crippen LogP contribution is -2.43. The second-order valence-electron chi connectivity index (χ2n) is 12.8. The number of allylic oxidation sites excluding steroid dienone is 6. The zero-order chi connectivity index (χ0) is 32.6. The minimum absolute atomic E-state index is 0.0377. The predicted molar refractivity (Wildman–Crippen MR) is 186 cm³/mol. The molecule has 0 aromatic heterocycles. The van der Waals surface area contributed by atoms with E-state index in [1.165, 1.54) is 11.1 Å². The number of amides is 1. The molecule has 0 aromatic carbocycles. The van der Waals surface area contributed by atoms with Gasteiger partial charge in [0.1, 0.15) is 0 Å². The Labute approximate surface area is 265 Å². The molecule has 0 fully saturated rings. The maximum absolute atomic E-state index is 12.6. The number of rotatable bonds is 16. The SMILES string of the molecule is CC#CC[C@H](C(C)CC=C1CN=C[C@@H](CC)C=C(CC)[C@H]1C)C(O)(CCCN(C)C(=O)C(C)C)/C(C)=C/CC=C(C)NC. The summed E-state index contributed by atoms with van der Waals surface area (Å²) in [7, 11) is 3.79. The number of hydrogen-bond acceptors (Lipinski definition) is 4. The number of aliphatic imine (C=N–C) groups is 1. The van der Waals surface area contributed by atoms with Crippen LogP contribution >= 0.6 is 0 Å². The van der Waals surface area contributed by atoms with Gasteiger partial charge in [-0.05, 0) is 82.3 Å². The molecule has 0 saturated heterocycles. The van der Waals surface area contributed by atoms with Crippen LogP contribution in [0.4, 0.5) is 0 Å². The Morgan fingerprint density at radius 2 is 1.95 bits per heavy atom. The van der Waals surface area contributed by atoms with E-state index in [1.807, 2.05) is 41.8 Å². The molecule has 0 saturated carbocycles. The molecular formula is C38H63N3O2. The fourth-order valence-corrected chi connectivity index (χ4v) is 6.08. The zero-order valence-electron chi connectivity index (χ0n) is 29.4. The predicted octanol–water partition coefficient (Wildman–Crippen LogP) is 8.14. The summed E-state index contributed by atoms with van der Waals surface area (Å²) in [5.74, 6) is 7.45. The molecule has 0 aliphatic carbocycles. The first kappa shape index (κ1) is 38.4. The van der Waals surface area contributed by atoms with Gasteiger partial charge in [-0.2, -0.15) is 0 Å². The Hall–Kier alpha value is -2.58. The zero-order valence-corrected chi connectivity index (χ0v) is 29.4. The summed E-state index contributed by atoms with van der Waals surface area (Å²) in [6.45, 7) is 20.3. The molecule has 0 bridgehead atoms. The van der Waals surface area contributed by atoms with Gasteiger partial charge in [-0.3, -0.25) is 9.79 Å². The largest absolute Gasteiger partial charge is 0.392 e. The Morgan fingerprint density at radius 3 is 2.53 bits per heavy atom. The third kappa shape index (κ3) is 12.1. The Balaban J connectivity index is 3.40. The van der Waals surface area contributed by atoms with Crippen molar-refractivity contribution in [3.8, 4) is 11.8 Å². The van der Waals surface area contributed by atoms with Gasteiger partial charge in [0.2, 0.25) is 5.91 Å². The highest BCUT2D eigenvalue weighted by Crippen LogP contribution is 2.40. The van der Waals surface area contributed by atoms with Crippen molar-refractivity contribution in [2.45, 2.75) is 113 Å². The molecule has 5 atom stereocenters. The first-order chi connectivity index (χ1) is 20.4. The van der Waals surface area contributed by atoms with Crippen LogP contribution in [0.2, 0.25) is 0 Å². The third-order valence-electron chi connectivity index (χ3n) is 9.39. The van der Waals surface area contributed by atoms with Crippen molar-refractivity contribution in [2.75, 3.05) is 27.2 Å². The van der Waals surface area contributed by atoms with Crippen molar-refractivity contribution in [3.63, 3.8) is 0 Å². The van der Waals surface area contributed by atoms with E-state index in [-0.39, 0.29) is 23.7 Å². The van der Waals surface area contributed by atoms with E-state index in [0.29, 0.717) is 31.2 Å². The standard InChI is InChI=1S/C38H63N3O2/c1-12-15-20-36(29(6)21-22-35-27-40-26-33(13-2)25-34(14-3)32(35)9)38(43,30(7)18-16-19-31(8)39-10)23-17-24-41(11)37(42)28(4)5/h18-19,22,25-26,28-29,32-33,36,39,43H,13-14,16-17,20-21,23-24,27H2,1-11H3/b30-18+,31-19?,34-25?,35-22?,40-26?/t29?,32-,33+,36-,38?/m1/s1. The molecule has 43 heavy (non-hydrogen) atoms. The van der Waals surface area contributed by atoms with Crippen molar-refractivity contribution >= 4 is 12.1 Å². The number of hydrogen-bond donors (Lipinski definition) is 2. The van der Waals surface area contributed by atoms with Crippen LogP contribution in [0.15, 0.2) is 51.7 Å². The number of aliphatic hydroxyl groups is 1. The van der Waals surface area contributed by atoms with E-state index < -0.39 is 5.60 Å². The lowest BCUT2D eigenvalue weighted by Gasteiger charge is -2.40. The Kier molecular flexibility index (Phi) is 17.6. The number of nitrogens with zero attached hydrogens (tertiary/aromatic N) is 2. The van der Waals surface area contributed by atoms with E-state index >= 15 is 0 Å². The van der Waals surface area contributed by atoms with E-state index in [4.69, 9.17) is 4.99 Å². The average Bonchev–Trinajstić information content (AvgIpc) is 2.98. The number of carbonyl (C=O) groups excluding carboxylic acids is 1. The average molecular weight is 594 g/mol. The maximum Gasteiger partial charge on any atom is 0.224 e. The van der Waals surface area contributed by atoms with Gasteiger partial charge in [-0.15, -0.1) is 11.8 Å². The summed E-state index contributed by atoms with van der Waals surface area (Å²) >= 11 is 0. The van der Waals surface area contributed by atoms with Gasteiger partial charge in [0.05, 0.1) is 12.1 Å². The molecule has 0 radical (unpaired) electrons. The molecular weight excluding hydrogens is 530 g/mol. The number of nitrogens with one attached hydrogen (secondary N) is 1. The van der Waals surface area contributed by atoms with Gasteiger partial charge in [0.15, 0.2) is 0 Å². The second kappa shape index (κ2) is 19.6. The van der Waals surface area contributed by atoms with Crippen molar-refractivity contribution in [1.82, 2.24) is 10.2 Å². The molecule has 242 valence electrons. The minimum atomic E-state index is -1.03. The molecule has 0 spiro atoms. The molecule has 0 aromatic rings. The molecule has 5 heteroatoms. The van der Waals surface area contributed by atoms with Crippen molar-refractivity contribution in [1.29, 1.82) is 0 Å². The first-order valence-electron chi connectivity index (χ1n) is 16.6. The molecule has 1 aliphatic heterocycles. The van der Waals surface area contributed by atoms with Gasteiger partial charge in [0, 0.05) is 56.7 Å². The summed E-state index contributed by atoms with van der Waals surface area (Å²) in [6, 6.07) is 0. The highest BCUT2D eigenvalue weighted by Gasteiger charge is 2.40. The number of carbonyl (C=O) groups is 1. The molecule has 1 rings (SSSR count). The van der Waals surface area contributed by atoms with Gasteiger partial charge < -0.3 is 15.3 Å².